The summed E-state index contributed by atoms with van der Waals surface area (Å²) in [6.45, 7) is 8.69. The van der Waals surface area contributed by atoms with Gasteiger partial charge in [-0.2, -0.15) is 0 Å². The molecule has 0 amide bonds. The van der Waals surface area contributed by atoms with Crippen LogP contribution in [0, 0.1) is 5.92 Å². The number of nitrogens with zero attached hydrogens (tertiary/aromatic N) is 1. The predicted molar refractivity (Wildman–Crippen MR) is 74.6 cm³/mol. The third-order valence-electron chi connectivity index (χ3n) is 3.90. The molecule has 3 N–H and O–H groups in total. The Bertz CT molecular complexity index is 212. The van der Waals surface area contributed by atoms with Crippen LogP contribution in [0.1, 0.15) is 39.5 Å². The van der Waals surface area contributed by atoms with Gasteiger partial charge >= 0.3 is 0 Å². The van der Waals surface area contributed by atoms with Crippen molar-refractivity contribution < 1.29 is 10.2 Å². The first-order chi connectivity index (χ1) is 8.69. The van der Waals surface area contributed by atoms with E-state index in [0.717, 1.165) is 51.9 Å². The Hall–Kier alpha value is -0.160. The summed E-state index contributed by atoms with van der Waals surface area (Å²) < 4.78 is 0. The monoisotopic (exact) mass is 258 g/mol. The third-order valence-corrected chi connectivity index (χ3v) is 3.90. The second kappa shape index (κ2) is 8.86. The number of likely N-dealkylation sites (tertiary alicyclic amines) is 1. The minimum absolute atomic E-state index is 0.148. The quantitative estimate of drug-likeness (QED) is 0.565. The third kappa shape index (κ3) is 5.65. The highest BCUT2D eigenvalue weighted by atomic mass is 16.3. The van der Waals surface area contributed by atoms with E-state index < -0.39 is 0 Å². The van der Waals surface area contributed by atoms with E-state index in [1.165, 1.54) is 0 Å². The van der Waals surface area contributed by atoms with Gasteiger partial charge in [0.15, 0.2) is 0 Å². The summed E-state index contributed by atoms with van der Waals surface area (Å²) in [5.41, 5.74) is 0. The van der Waals surface area contributed by atoms with Crippen molar-refractivity contribution >= 4 is 0 Å². The Kier molecular flexibility index (Phi) is 7.82. The van der Waals surface area contributed by atoms with Crippen molar-refractivity contribution in [3.63, 3.8) is 0 Å². The van der Waals surface area contributed by atoms with Crippen LogP contribution in [0.2, 0.25) is 0 Å². The first kappa shape index (κ1) is 15.9. The first-order valence-corrected chi connectivity index (χ1v) is 7.44. The van der Waals surface area contributed by atoms with Gasteiger partial charge < -0.3 is 20.4 Å². The van der Waals surface area contributed by atoms with E-state index in [0.29, 0.717) is 12.0 Å². The Morgan fingerprint density at radius 1 is 1.33 bits per heavy atom. The molecule has 0 bridgehead atoms. The lowest BCUT2D eigenvalue weighted by Crippen LogP contribution is -2.49. The second-order valence-corrected chi connectivity index (χ2v) is 5.48. The summed E-state index contributed by atoms with van der Waals surface area (Å²) in [7, 11) is 0. The molecule has 0 aromatic heterocycles. The molecular weight excluding hydrogens is 228 g/mol. The summed E-state index contributed by atoms with van der Waals surface area (Å²) in [5.74, 6) is 0.597. The summed E-state index contributed by atoms with van der Waals surface area (Å²) >= 11 is 0. The lowest BCUT2D eigenvalue weighted by Gasteiger charge is -2.38. The number of rotatable bonds is 8. The van der Waals surface area contributed by atoms with Crippen molar-refractivity contribution in [2.75, 3.05) is 32.8 Å². The Labute approximate surface area is 111 Å². The summed E-state index contributed by atoms with van der Waals surface area (Å²) in [6.07, 6.45) is 3.60. The molecule has 1 aliphatic rings. The fourth-order valence-electron chi connectivity index (χ4n) is 2.82. The van der Waals surface area contributed by atoms with Gasteiger partial charge in [0, 0.05) is 25.7 Å². The standard InChI is InChI=1S/C14H30N2O2/c1-3-14(18)9-12-8-13(15-6-5-7-17)11-16(4-2)10-12/h12-15,17-18H,3-11H2,1-2H3. The highest BCUT2D eigenvalue weighted by Crippen LogP contribution is 2.22. The van der Waals surface area contributed by atoms with E-state index in [1.807, 2.05) is 6.92 Å². The molecule has 3 unspecified atom stereocenters. The summed E-state index contributed by atoms with van der Waals surface area (Å²) in [5, 5.41) is 22.1. The van der Waals surface area contributed by atoms with Crippen LogP contribution in [0.3, 0.4) is 0 Å². The van der Waals surface area contributed by atoms with Crippen LogP contribution >= 0.6 is 0 Å². The summed E-state index contributed by atoms with van der Waals surface area (Å²) in [6, 6.07) is 0.513. The van der Waals surface area contributed by atoms with Crippen LogP contribution in [-0.4, -0.2) is 60.0 Å². The molecule has 108 valence electrons. The number of nitrogens with one attached hydrogen (secondary N) is 1. The van der Waals surface area contributed by atoms with Crippen LogP contribution in [0.25, 0.3) is 0 Å². The highest BCUT2D eigenvalue weighted by Gasteiger charge is 2.27. The number of hydrogen-bond donors (Lipinski definition) is 3. The molecule has 0 aromatic carbocycles. The van der Waals surface area contributed by atoms with Crippen molar-refractivity contribution in [2.24, 2.45) is 5.92 Å². The molecule has 1 aliphatic heterocycles. The second-order valence-electron chi connectivity index (χ2n) is 5.48. The predicted octanol–water partition coefficient (Wildman–Crippen LogP) is 0.830. The van der Waals surface area contributed by atoms with Crippen LogP contribution < -0.4 is 5.32 Å². The molecule has 1 rings (SSSR count). The number of aliphatic hydroxyl groups is 2. The molecule has 3 atom stereocenters. The van der Waals surface area contributed by atoms with E-state index >= 15 is 0 Å². The maximum atomic E-state index is 9.80. The zero-order chi connectivity index (χ0) is 13.4. The molecule has 0 radical (unpaired) electrons. The van der Waals surface area contributed by atoms with Gasteiger partial charge in [-0.3, -0.25) is 0 Å². The Balaban J connectivity index is 2.38. The molecule has 0 saturated carbocycles. The lowest BCUT2D eigenvalue weighted by atomic mass is 9.89. The molecule has 1 heterocycles. The normalized spacial score (nSPS) is 27.3. The zero-order valence-corrected chi connectivity index (χ0v) is 11.9. The minimum Gasteiger partial charge on any atom is -0.396 e. The largest absolute Gasteiger partial charge is 0.396 e. The molecule has 4 heteroatoms. The van der Waals surface area contributed by atoms with Crippen molar-refractivity contribution in [1.82, 2.24) is 10.2 Å². The van der Waals surface area contributed by atoms with Gasteiger partial charge in [-0.05, 0) is 44.7 Å². The average Bonchev–Trinajstić information content (AvgIpc) is 2.38. The number of likely N-dealkylation sites (N-methyl/N-ethyl adjacent to an activating group) is 1. The van der Waals surface area contributed by atoms with E-state index in [1.54, 1.807) is 0 Å². The highest BCUT2D eigenvalue weighted by molar-refractivity contribution is 4.84. The lowest BCUT2D eigenvalue weighted by molar-refractivity contribution is 0.0860. The number of piperidine rings is 1. The smallest absolute Gasteiger partial charge is 0.0540 e. The topological polar surface area (TPSA) is 55.7 Å². The van der Waals surface area contributed by atoms with Crippen LogP contribution in [-0.2, 0) is 0 Å². The van der Waals surface area contributed by atoms with Gasteiger partial charge in [-0.1, -0.05) is 13.8 Å². The van der Waals surface area contributed by atoms with E-state index in [4.69, 9.17) is 5.11 Å². The Morgan fingerprint density at radius 2 is 2.11 bits per heavy atom. The van der Waals surface area contributed by atoms with Crippen LogP contribution in [0.4, 0.5) is 0 Å². The fraction of sp³-hybridized carbons (Fsp3) is 1.00. The van der Waals surface area contributed by atoms with Crippen molar-refractivity contribution in [3.05, 3.63) is 0 Å². The van der Waals surface area contributed by atoms with Crippen LogP contribution in [0.5, 0.6) is 0 Å². The van der Waals surface area contributed by atoms with Crippen molar-refractivity contribution in [1.29, 1.82) is 0 Å². The number of aliphatic hydroxyl groups excluding tert-OH is 2. The molecule has 0 spiro atoms. The molecular formula is C14H30N2O2. The SMILES string of the molecule is CCC(O)CC1CC(NCCCO)CN(CC)C1. The summed E-state index contributed by atoms with van der Waals surface area (Å²) in [4.78, 5) is 2.47. The van der Waals surface area contributed by atoms with E-state index in [2.05, 4.69) is 17.1 Å². The van der Waals surface area contributed by atoms with Crippen molar-refractivity contribution in [2.45, 2.75) is 51.7 Å². The van der Waals surface area contributed by atoms with Gasteiger partial charge in [0.2, 0.25) is 0 Å². The van der Waals surface area contributed by atoms with E-state index in [-0.39, 0.29) is 12.7 Å². The van der Waals surface area contributed by atoms with E-state index in [9.17, 15) is 5.11 Å². The maximum absolute atomic E-state index is 9.80. The number of hydrogen-bond acceptors (Lipinski definition) is 4. The van der Waals surface area contributed by atoms with Gasteiger partial charge in [-0.15, -0.1) is 0 Å². The average molecular weight is 258 g/mol. The first-order valence-electron chi connectivity index (χ1n) is 7.44. The maximum Gasteiger partial charge on any atom is 0.0540 e. The molecule has 1 fully saturated rings. The minimum atomic E-state index is -0.148. The van der Waals surface area contributed by atoms with Gasteiger partial charge in [0.05, 0.1) is 6.10 Å². The molecule has 4 nitrogen and oxygen atoms in total. The fourth-order valence-corrected chi connectivity index (χ4v) is 2.82. The molecule has 18 heavy (non-hydrogen) atoms. The molecule has 1 saturated heterocycles. The van der Waals surface area contributed by atoms with Gasteiger partial charge in [-0.25, -0.2) is 0 Å². The molecule has 0 aliphatic carbocycles. The Morgan fingerprint density at radius 3 is 2.72 bits per heavy atom. The zero-order valence-electron chi connectivity index (χ0n) is 11.9. The van der Waals surface area contributed by atoms with Gasteiger partial charge in [0.1, 0.15) is 0 Å². The van der Waals surface area contributed by atoms with Crippen LogP contribution in [0.15, 0.2) is 0 Å². The van der Waals surface area contributed by atoms with Crippen molar-refractivity contribution in [3.8, 4) is 0 Å². The molecule has 0 aromatic rings. The van der Waals surface area contributed by atoms with Gasteiger partial charge in [0.25, 0.3) is 0 Å².